The molecule has 2 aromatic rings. The van der Waals surface area contributed by atoms with Crippen molar-refractivity contribution in [2.45, 2.75) is 0 Å². The van der Waals surface area contributed by atoms with Crippen LogP contribution in [0.3, 0.4) is 0 Å². The topological polar surface area (TPSA) is 72.8 Å². The Hall–Kier alpha value is -1.95. The molecular weight excluding hydrogens is 224 g/mol. The minimum Gasteiger partial charge on any atom is -0.493 e. The first kappa shape index (κ1) is 10.6. The third-order valence-electron chi connectivity index (χ3n) is 2.11. The van der Waals surface area contributed by atoms with Crippen LogP contribution in [-0.2, 0) is 0 Å². The highest BCUT2D eigenvalue weighted by atomic mass is 32.1. The second-order valence-electron chi connectivity index (χ2n) is 3.12. The lowest BCUT2D eigenvalue weighted by atomic mass is 10.2. The lowest BCUT2D eigenvalue weighted by Gasteiger charge is -1.92. The van der Waals surface area contributed by atoms with Crippen molar-refractivity contribution in [1.82, 2.24) is 10.3 Å². The zero-order valence-corrected chi connectivity index (χ0v) is 9.38. The molecule has 0 spiro atoms. The van der Waals surface area contributed by atoms with Crippen molar-refractivity contribution in [1.29, 1.82) is 0 Å². The number of thiocarbonyl (C=S) groups is 1. The van der Waals surface area contributed by atoms with E-state index in [4.69, 9.17) is 12.2 Å². The highest BCUT2D eigenvalue weighted by Gasteiger charge is 2.09. The van der Waals surface area contributed by atoms with Crippen LogP contribution in [0.5, 0.6) is 5.88 Å². The maximum absolute atomic E-state index is 9.65. The van der Waals surface area contributed by atoms with E-state index in [1.165, 1.54) is 0 Å². The number of fused-ring (bicyclic) bond motifs is 1. The van der Waals surface area contributed by atoms with Gasteiger partial charge >= 0.3 is 0 Å². The number of aromatic nitrogens is 1. The van der Waals surface area contributed by atoms with Crippen LogP contribution in [0.4, 0.5) is 5.69 Å². The molecule has 0 aliphatic heterocycles. The summed E-state index contributed by atoms with van der Waals surface area (Å²) in [5.41, 5.74) is 1.21. The predicted molar refractivity (Wildman–Crippen MR) is 66.1 cm³/mol. The standard InChI is InChI=1S/C10H10N4OS/c1-11-10(16)14-13-8-6-4-2-3-5-7(6)12-9(8)15/h2-5,12,15H,1H3,(H,11,16). The second-order valence-corrected chi connectivity index (χ2v) is 3.51. The summed E-state index contributed by atoms with van der Waals surface area (Å²) in [6.45, 7) is 0. The number of hydrogen-bond acceptors (Lipinski definition) is 3. The van der Waals surface area contributed by atoms with Crippen molar-refractivity contribution < 1.29 is 5.11 Å². The number of aromatic amines is 1. The molecule has 82 valence electrons. The fraction of sp³-hybridized carbons (Fsp3) is 0.100. The molecule has 0 aliphatic rings. The third kappa shape index (κ3) is 1.87. The number of rotatable bonds is 1. The Morgan fingerprint density at radius 1 is 1.44 bits per heavy atom. The van der Waals surface area contributed by atoms with E-state index in [0.29, 0.717) is 5.69 Å². The van der Waals surface area contributed by atoms with Gasteiger partial charge in [0.1, 0.15) is 0 Å². The van der Waals surface area contributed by atoms with Crippen LogP contribution in [0, 0.1) is 0 Å². The molecule has 6 heteroatoms. The molecule has 0 saturated heterocycles. The molecule has 1 aromatic heterocycles. The van der Waals surface area contributed by atoms with Gasteiger partial charge in [0.2, 0.25) is 11.0 Å². The van der Waals surface area contributed by atoms with Gasteiger partial charge in [0.05, 0.1) is 5.52 Å². The average Bonchev–Trinajstić information content (AvgIpc) is 2.62. The fourth-order valence-electron chi connectivity index (χ4n) is 1.36. The van der Waals surface area contributed by atoms with Crippen LogP contribution in [-0.4, -0.2) is 22.3 Å². The van der Waals surface area contributed by atoms with Gasteiger partial charge < -0.3 is 15.4 Å². The van der Waals surface area contributed by atoms with Crippen molar-refractivity contribution >= 4 is 33.9 Å². The van der Waals surface area contributed by atoms with E-state index in [0.717, 1.165) is 10.9 Å². The van der Waals surface area contributed by atoms with Crippen LogP contribution in [0.15, 0.2) is 34.5 Å². The minimum atomic E-state index is -0.0103. The van der Waals surface area contributed by atoms with Crippen LogP contribution >= 0.6 is 12.2 Å². The molecule has 0 fully saturated rings. The zero-order chi connectivity index (χ0) is 11.5. The highest BCUT2D eigenvalue weighted by Crippen LogP contribution is 2.34. The summed E-state index contributed by atoms with van der Waals surface area (Å²) in [4.78, 5) is 2.81. The first-order chi connectivity index (χ1) is 7.72. The molecule has 16 heavy (non-hydrogen) atoms. The Morgan fingerprint density at radius 3 is 2.94 bits per heavy atom. The first-order valence-corrected chi connectivity index (χ1v) is 5.06. The van der Waals surface area contributed by atoms with Gasteiger partial charge in [0, 0.05) is 12.4 Å². The van der Waals surface area contributed by atoms with Crippen LogP contribution in [0.2, 0.25) is 0 Å². The number of hydrogen-bond donors (Lipinski definition) is 3. The summed E-state index contributed by atoms with van der Waals surface area (Å²) < 4.78 is 0. The van der Waals surface area contributed by atoms with E-state index in [2.05, 4.69) is 20.5 Å². The van der Waals surface area contributed by atoms with Crippen LogP contribution in [0.1, 0.15) is 0 Å². The number of nitrogens with zero attached hydrogens (tertiary/aromatic N) is 2. The zero-order valence-electron chi connectivity index (χ0n) is 8.56. The van der Waals surface area contributed by atoms with Gasteiger partial charge in [-0.25, -0.2) is 0 Å². The van der Waals surface area contributed by atoms with E-state index in [1.807, 2.05) is 24.3 Å². The molecular formula is C10H10N4OS. The Labute approximate surface area is 97.2 Å². The summed E-state index contributed by atoms with van der Waals surface area (Å²) in [7, 11) is 1.66. The van der Waals surface area contributed by atoms with Gasteiger partial charge in [-0.2, -0.15) is 0 Å². The summed E-state index contributed by atoms with van der Waals surface area (Å²) in [5.74, 6) is -0.0103. The molecule has 2 rings (SSSR count). The lowest BCUT2D eigenvalue weighted by Crippen LogP contribution is -2.11. The lowest BCUT2D eigenvalue weighted by molar-refractivity contribution is 0.459. The van der Waals surface area contributed by atoms with E-state index in [9.17, 15) is 5.11 Å². The summed E-state index contributed by atoms with van der Waals surface area (Å²) >= 11 is 4.83. The van der Waals surface area contributed by atoms with Gasteiger partial charge in [0.25, 0.3) is 0 Å². The van der Waals surface area contributed by atoms with Gasteiger partial charge in [-0.05, 0) is 18.3 Å². The second kappa shape index (κ2) is 4.28. The fourth-order valence-corrected chi connectivity index (χ4v) is 1.40. The number of H-pyrrole nitrogens is 1. The Morgan fingerprint density at radius 2 is 2.19 bits per heavy atom. The molecule has 0 radical (unpaired) electrons. The average molecular weight is 234 g/mol. The molecule has 0 saturated carbocycles. The molecule has 5 nitrogen and oxygen atoms in total. The number of nitrogens with one attached hydrogen (secondary N) is 2. The monoisotopic (exact) mass is 234 g/mol. The molecule has 0 atom stereocenters. The molecule has 1 aromatic carbocycles. The molecule has 0 unspecified atom stereocenters. The molecule has 0 amide bonds. The van der Waals surface area contributed by atoms with E-state index < -0.39 is 0 Å². The van der Waals surface area contributed by atoms with Crippen molar-refractivity contribution in [2.75, 3.05) is 7.05 Å². The molecule has 1 heterocycles. The van der Waals surface area contributed by atoms with Gasteiger partial charge in [0.15, 0.2) is 5.69 Å². The third-order valence-corrected chi connectivity index (χ3v) is 2.40. The smallest absolute Gasteiger partial charge is 0.218 e. The van der Waals surface area contributed by atoms with Crippen molar-refractivity contribution in [3.05, 3.63) is 24.3 Å². The van der Waals surface area contributed by atoms with Crippen molar-refractivity contribution in [3.63, 3.8) is 0 Å². The van der Waals surface area contributed by atoms with Crippen LogP contribution in [0.25, 0.3) is 10.9 Å². The highest BCUT2D eigenvalue weighted by molar-refractivity contribution is 7.80. The normalized spacial score (nSPS) is 11.1. The van der Waals surface area contributed by atoms with E-state index in [1.54, 1.807) is 7.05 Å². The first-order valence-electron chi connectivity index (χ1n) is 4.65. The van der Waals surface area contributed by atoms with Crippen molar-refractivity contribution in [3.8, 4) is 5.88 Å². The maximum atomic E-state index is 9.65. The molecule has 0 bridgehead atoms. The maximum Gasteiger partial charge on any atom is 0.218 e. The van der Waals surface area contributed by atoms with Gasteiger partial charge in [-0.3, -0.25) is 0 Å². The largest absolute Gasteiger partial charge is 0.493 e. The van der Waals surface area contributed by atoms with Crippen LogP contribution < -0.4 is 5.32 Å². The van der Waals surface area contributed by atoms with E-state index >= 15 is 0 Å². The molecule has 3 N–H and O–H groups in total. The van der Waals surface area contributed by atoms with E-state index in [-0.39, 0.29) is 11.0 Å². The Kier molecular flexibility index (Phi) is 2.82. The number of aromatic hydroxyl groups is 1. The predicted octanol–water partition coefficient (Wildman–Crippen LogP) is 2.46. The minimum absolute atomic E-state index is 0.0103. The number of para-hydroxylation sites is 1. The van der Waals surface area contributed by atoms with Gasteiger partial charge in [-0.1, -0.05) is 18.2 Å². The quantitative estimate of drug-likeness (QED) is 0.524. The Bertz CT molecular complexity index is 561. The van der Waals surface area contributed by atoms with Gasteiger partial charge in [-0.15, -0.1) is 10.2 Å². The number of azo groups is 1. The van der Waals surface area contributed by atoms with Crippen molar-refractivity contribution in [2.24, 2.45) is 10.2 Å². The molecule has 0 aliphatic carbocycles. The Balaban J connectivity index is 2.47. The summed E-state index contributed by atoms with van der Waals surface area (Å²) in [5, 5.41) is 21.1. The summed E-state index contributed by atoms with van der Waals surface area (Å²) in [6, 6.07) is 7.44. The summed E-state index contributed by atoms with van der Waals surface area (Å²) in [6.07, 6.45) is 0. The number of benzene rings is 1. The SMILES string of the molecule is CNC(=S)N=Nc1c(O)[nH]c2ccccc12.